The maximum absolute atomic E-state index is 11.7. The fourth-order valence-corrected chi connectivity index (χ4v) is 2.94. The number of nitrogens with two attached hydrogens (primary N) is 1. The maximum Gasteiger partial charge on any atom is 0.241 e. The van der Waals surface area contributed by atoms with Crippen molar-refractivity contribution in [3.8, 4) is 5.75 Å². The molecule has 112 valence electrons. The molecule has 1 aromatic heterocycles. The van der Waals surface area contributed by atoms with Crippen LogP contribution >= 0.6 is 0 Å². The van der Waals surface area contributed by atoms with Crippen LogP contribution in [-0.2, 0) is 16.4 Å². The Morgan fingerprint density at radius 1 is 1.24 bits per heavy atom. The molecular weight excluding hydrogens is 288 g/mol. The van der Waals surface area contributed by atoms with Crippen molar-refractivity contribution in [3.05, 3.63) is 53.3 Å². The molecule has 6 heteroatoms. The number of sulfonamides is 1. The van der Waals surface area contributed by atoms with Crippen LogP contribution in [0.3, 0.4) is 0 Å². The molecule has 21 heavy (non-hydrogen) atoms. The Kier molecular flexibility index (Phi) is 4.59. The van der Waals surface area contributed by atoms with Gasteiger partial charge in [0.05, 0.1) is 6.61 Å². The highest BCUT2D eigenvalue weighted by Crippen LogP contribution is 2.28. The molecule has 0 amide bonds. The normalized spacial score (nSPS) is 11.4. The number of ether oxygens (including phenoxy) is 1. The van der Waals surface area contributed by atoms with Crippen LogP contribution in [0, 0.1) is 13.8 Å². The molecule has 0 unspecified atom stereocenters. The van der Waals surface area contributed by atoms with Gasteiger partial charge >= 0.3 is 0 Å². The van der Waals surface area contributed by atoms with E-state index in [4.69, 9.17) is 9.88 Å². The van der Waals surface area contributed by atoms with Crippen LogP contribution in [0.2, 0.25) is 0 Å². The van der Waals surface area contributed by atoms with E-state index in [0.717, 1.165) is 16.8 Å². The highest BCUT2D eigenvalue weighted by atomic mass is 32.2. The first-order chi connectivity index (χ1) is 9.88. The number of primary sulfonamides is 1. The number of aromatic nitrogens is 1. The predicted octanol–water partition coefficient (Wildman–Crippen LogP) is 1.97. The van der Waals surface area contributed by atoms with Gasteiger partial charge < -0.3 is 4.74 Å². The van der Waals surface area contributed by atoms with Crippen molar-refractivity contribution in [1.82, 2.24) is 4.98 Å². The molecule has 0 saturated carbocycles. The molecule has 1 heterocycles. The summed E-state index contributed by atoms with van der Waals surface area (Å²) < 4.78 is 29.0. The summed E-state index contributed by atoms with van der Waals surface area (Å²) in [5.74, 6) is 0.319. The minimum atomic E-state index is -3.81. The first-order valence-electron chi connectivity index (χ1n) is 6.54. The standard InChI is InChI=1S/C15H18N2O3S/c1-11-9-12(2)15(14(10-11)21(16,18)19)20-8-6-13-5-3-4-7-17-13/h3-5,7,9-10H,6,8H2,1-2H3,(H2,16,18,19). The Morgan fingerprint density at radius 2 is 2.00 bits per heavy atom. The lowest BCUT2D eigenvalue weighted by atomic mass is 10.1. The molecule has 0 atom stereocenters. The van der Waals surface area contributed by atoms with Gasteiger partial charge in [0.1, 0.15) is 10.6 Å². The van der Waals surface area contributed by atoms with Gasteiger partial charge in [0, 0.05) is 18.3 Å². The third-order valence-electron chi connectivity index (χ3n) is 3.02. The molecule has 0 saturated heterocycles. The van der Waals surface area contributed by atoms with Crippen LogP contribution < -0.4 is 9.88 Å². The van der Waals surface area contributed by atoms with Crippen molar-refractivity contribution in [2.45, 2.75) is 25.2 Å². The van der Waals surface area contributed by atoms with Crippen molar-refractivity contribution in [2.75, 3.05) is 6.61 Å². The van der Waals surface area contributed by atoms with E-state index in [2.05, 4.69) is 4.98 Å². The highest BCUT2D eigenvalue weighted by Gasteiger charge is 2.18. The average molecular weight is 306 g/mol. The lowest BCUT2D eigenvalue weighted by Gasteiger charge is -2.14. The molecule has 2 aromatic rings. The van der Waals surface area contributed by atoms with E-state index in [1.165, 1.54) is 6.07 Å². The molecule has 0 aliphatic heterocycles. The van der Waals surface area contributed by atoms with Gasteiger partial charge in [0.25, 0.3) is 0 Å². The first-order valence-corrected chi connectivity index (χ1v) is 8.09. The Balaban J connectivity index is 2.20. The third-order valence-corrected chi connectivity index (χ3v) is 3.94. The van der Waals surface area contributed by atoms with E-state index in [0.29, 0.717) is 18.8 Å². The molecule has 0 fully saturated rings. The summed E-state index contributed by atoms with van der Waals surface area (Å²) in [6, 6.07) is 9.03. The van der Waals surface area contributed by atoms with E-state index < -0.39 is 10.0 Å². The average Bonchev–Trinajstić information content (AvgIpc) is 2.41. The Bertz CT molecular complexity index is 728. The van der Waals surface area contributed by atoms with Gasteiger partial charge in [-0.3, -0.25) is 4.98 Å². The fourth-order valence-electron chi connectivity index (χ4n) is 2.12. The number of pyridine rings is 1. The van der Waals surface area contributed by atoms with Crippen LogP contribution in [0.4, 0.5) is 0 Å². The summed E-state index contributed by atoms with van der Waals surface area (Å²) >= 11 is 0. The Morgan fingerprint density at radius 3 is 2.62 bits per heavy atom. The Labute approximate surface area is 124 Å². The van der Waals surface area contributed by atoms with Gasteiger partial charge in [0.2, 0.25) is 10.0 Å². The van der Waals surface area contributed by atoms with Crippen LogP contribution in [0.15, 0.2) is 41.4 Å². The number of nitrogens with zero attached hydrogens (tertiary/aromatic N) is 1. The molecular formula is C15H18N2O3S. The SMILES string of the molecule is Cc1cc(C)c(OCCc2ccccn2)c(S(N)(=O)=O)c1. The summed E-state index contributed by atoms with van der Waals surface area (Å²) in [6.45, 7) is 3.96. The fraction of sp³-hybridized carbons (Fsp3) is 0.267. The van der Waals surface area contributed by atoms with Gasteiger partial charge in [0.15, 0.2) is 0 Å². The van der Waals surface area contributed by atoms with Crippen molar-refractivity contribution in [1.29, 1.82) is 0 Å². The number of aryl methyl sites for hydroxylation is 2. The second-order valence-corrected chi connectivity index (χ2v) is 6.40. The van der Waals surface area contributed by atoms with E-state index in [9.17, 15) is 8.42 Å². The minimum absolute atomic E-state index is 0.0287. The summed E-state index contributed by atoms with van der Waals surface area (Å²) in [5, 5.41) is 5.26. The van der Waals surface area contributed by atoms with Crippen molar-refractivity contribution >= 4 is 10.0 Å². The van der Waals surface area contributed by atoms with Crippen LogP contribution in [0.25, 0.3) is 0 Å². The molecule has 0 bridgehead atoms. The number of hydrogen-bond acceptors (Lipinski definition) is 4. The molecule has 0 radical (unpaired) electrons. The number of benzene rings is 1. The molecule has 2 rings (SSSR count). The molecule has 2 N–H and O–H groups in total. The number of hydrogen-bond donors (Lipinski definition) is 1. The van der Waals surface area contributed by atoms with Gasteiger partial charge in [-0.05, 0) is 43.2 Å². The van der Waals surface area contributed by atoms with Gasteiger partial charge in [-0.15, -0.1) is 0 Å². The number of rotatable bonds is 5. The zero-order chi connectivity index (χ0) is 15.5. The summed E-state index contributed by atoms with van der Waals surface area (Å²) in [5.41, 5.74) is 2.47. The zero-order valence-corrected chi connectivity index (χ0v) is 12.9. The van der Waals surface area contributed by atoms with E-state index >= 15 is 0 Å². The largest absolute Gasteiger partial charge is 0.491 e. The second kappa shape index (κ2) is 6.24. The van der Waals surface area contributed by atoms with Gasteiger partial charge in [-0.25, -0.2) is 13.6 Å². The van der Waals surface area contributed by atoms with Crippen molar-refractivity contribution in [3.63, 3.8) is 0 Å². The molecule has 0 aliphatic carbocycles. The smallest absolute Gasteiger partial charge is 0.241 e. The Hall–Kier alpha value is -1.92. The highest BCUT2D eigenvalue weighted by molar-refractivity contribution is 7.89. The molecule has 1 aromatic carbocycles. The monoisotopic (exact) mass is 306 g/mol. The van der Waals surface area contributed by atoms with E-state index in [1.54, 1.807) is 13.1 Å². The predicted molar refractivity (Wildman–Crippen MR) is 80.7 cm³/mol. The van der Waals surface area contributed by atoms with Crippen LogP contribution in [-0.4, -0.2) is 20.0 Å². The van der Waals surface area contributed by atoms with Crippen LogP contribution in [0.1, 0.15) is 16.8 Å². The summed E-state index contributed by atoms with van der Waals surface area (Å²) in [4.78, 5) is 4.22. The molecule has 5 nitrogen and oxygen atoms in total. The zero-order valence-electron chi connectivity index (χ0n) is 12.0. The quantitative estimate of drug-likeness (QED) is 0.915. The minimum Gasteiger partial charge on any atom is -0.491 e. The van der Waals surface area contributed by atoms with Crippen molar-refractivity contribution < 1.29 is 13.2 Å². The van der Waals surface area contributed by atoms with Gasteiger partial charge in [-0.1, -0.05) is 12.1 Å². The topological polar surface area (TPSA) is 82.3 Å². The second-order valence-electron chi connectivity index (χ2n) is 4.87. The van der Waals surface area contributed by atoms with E-state index in [-0.39, 0.29) is 4.90 Å². The van der Waals surface area contributed by atoms with Crippen molar-refractivity contribution in [2.24, 2.45) is 5.14 Å². The third kappa shape index (κ3) is 4.03. The summed E-state index contributed by atoms with van der Waals surface area (Å²) in [7, 11) is -3.81. The molecule has 0 spiro atoms. The lowest BCUT2D eigenvalue weighted by molar-refractivity contribution is 0.310. The van der Waals surface area contributed by atoms with Gasteiger partial charge in [-0.2, -0.15) is 0 Å². The first kappa shape index (κ1) is 15.5. The van der Waals surface area contributed by atoms with E-state index in [1.807, 2.05) is 31.2 Å². The molecule has 0 aliphatic rings. The lowest BCUT2D eigenvalue weighted by Crippen LogP contribution is -2.15. The van der Waals surface area contributed by atoms with Crippen LogP contribution in [0.5, 0.6) is 5.75 Å². The summed E-state index contributed by atoms with van der Waals surface area (Å²) in [6.07, 6.45) is 2.31. The maximum atomic E-state index is 11.7.